The maximum atomic E-state index is 3.74. The third kappa shape index (κ3) is 3.85. The van der Waals surface area contributed by atoms with E-state index in [4.69, 9.17) is 0 Å². The molecular formula is C15H13NS. The first-order chi connectivity index (χ1) is 8.47. The summed E-state index contributed by atoms with van der Waals surface area (Å²) in [4.78, 5) is 3.74. The number of benzene rings is 2. The Morgan fingerprint density at radius 1 is 0.706 bits per heavy atom. The number of nitrogens with zero attached hydrogens (tertiary/aromatic N) is 1. The summed E-state index contributed by atoms with van der Waals surface area (Å²) in [6, 6.07) is 20.8. The van der Waals surface area contributed by atoms with Crippen molar-refractivity contribution in [3.8, 4) is 11.1 Å². The van der Waals surface area contributed by atoms with Gasteiger partial charge >= 0.3 is 0 Å². The lowest BCUT2D eigenvalue weighted by atomic mass is 10.1. The fourth-order valence-electron chi connectivity index (χ4n) is 1.44. The Bertz CT molecular complexity index is 448. The summed E-state index contributed by atoms with van der Waals surface area (Å²) < 4.78 is 0. The van der Waals surface area contributed by atoms with Crippen LogP contribution in [-0.2, 0) is 0 Å². The van der Waals surface area contributed by atoms with E-state index in [0.717, 1.165) is 0 Å². The van der Waals surface area contributed by atoms with Crippen LogP contribution in [0.2, 0.25) is 0 Å². The molecule has 0 aliphatic carbocycles. The van der Waals surface area contributed by atoms with Crippen LogP contribution in [0.25, 0.3) is 11.1 Å². The highest BCUT2D eigenvalue weighted by atomic mass is 32.1. The largest absolute Gasteiger partial charge is 0.253 e. The SMILES string of the molecule is c1ccc(-c2ccccc2)cc1.c1cscn1. The predicted octanol–water partition coefficient (Wildman–Crippen LogP) is 4.50. The van der Waals surface area contributed by atoms with Gasteiger partial charge in [-0.05, 0) is 11.1 Å². The highest BCUT2D eigenvalue weighted by molar-refractivity contribution is 7.07. The molecular weight excluding hydrogens is 226 g/mol. The van der Waals surface area contributed by atoms with Crippen LogP contribution in [0.1, 0.15) is 0 Å². The summed E-state index contributed by atoms with van der Waals surface area (Å²) in [5.41, 5.74) is 4.34. The molecule has 2 aromatic carbocycles. The van der Waals surface area contributed by atoms with Gasteiger partial charge in [0.05, 0.1) is 5.51 Å². The molecule has 1 nitrogen and oxygen atoms in total. The van der Waals surface area contributed by atoms with E-state index in [1.807, 2.05) is 17.5 Å². The van der Waals surface area contributed by atoms with E-state index in [9.17, 15) is 0 Å². The highest BCUT2D eigenvalue weighted by Crippen LogP contribution is 2.17. The topological polar surface area (TPSA) is 12.9 Å². The summed E-state index contributed by atoms with van der Waals surface area (Å²) in [7, 11) is 0. The van der Waals surface area contributed by atoms with Gasteiger partial charge in [0.15, 0.2) is 0 Å². The highest BCUT2D eigenvalue weighted by Gasteiger charge is 1.91. The first kappa shape index (κ1) is 11.6. The molecule has 1 heterocycles. The van der Waals surface area contributed by atoms with Crippen molar-refractivity contribution in [3.05, 3.63) is 77.8 Å². The van der Waals surface area contributed by atoms with Crippen molar-refractivity contribution in [1.82, 2.24) is 4.98 Å². The van der Waals surface area contributed by atoms with Crippen LogP contribution in [0.4, 0.5) is 0 Å². The zero-order valence-corrected chi connectivity index (χ0v) is 10.2. The molecule has 0 aliphatic rings. The lowest BCUT2D eigenvalue weighted by Gasteiger charge is -1.98. The summed E-state index contributed by atoms with van der Waals surface area (Å²) in [5.74, 6) is 0. The Labute approximate surface area is 105 Å². The van der Waals surface area contributed by atoms with Crippen LogP contribution in [0.15, 0.2) is 77.8 Å². The van der Waals surface area contributed by atoms with Crippen molar-refractivity contribution in [1.29, 1.82) is 0 Å². The van der Waals surface area contributed by atoms with Crippen LogP contribution in [0, 0.1) is 0 Å². The molecule has 84 valence electrons. The van der Waals surface area contributed by atoms with Crippen molar-refractivity contribution < 1.29 is 0 Å². The Morgan fingerprint density at radius 3 is 1.53 bits per heavy atom. The van der Waals surface area contributed by atoms with Crippen molar-refractivity contribution in [2.45, 2.75) is 0 Å². The van der Waals surface area contributed by atoms with Crippen molar-refractivity contribution >= 4 is 11.3 Å². The molecule has 0 amide bonds. The maximum Gasteiger partial charge on any atom is 0.0791 e. The Kier molecular flexibility index (Phi) is 4.49. The molecule has 0 saturated carbocycles. The average Bonchev–Trinajstić information content (AvgIpc) is 3.00. The summed E-state index contributed by atoms with van der Waals surface area (Å²) in [6.45, 7) is 0. The van der Waals surface area contributed by atoms with Crippen molar-refractivity contribution in [3.63, 3.8) is 0 Å². The predicted molar refractivity (Wildman–Crippen MR) is 74.0 cm³/mol. The fraction of sp³-hybridized carbons (Fsp3) is 0. The van der Waals surface area contributed by atoms with Gasteiger partial charge in [-0.2, -0.15) is 0 Å². The molecule has 2 heteroatoms. The Hall–Kier alpha value is -1.93. The quantitative estimate of drug-likeness (QED) is 0.609. The number of hydrogen-bond acceptors (Lipinski definition) is 2. The standard InChI is InChI=1S/C12H10.C3H3NS/c1-3-7-11(8-4-1)12-9-5-2-6-10-12;1-2-5-3-4-1/h1-10H;1-3H. The van der Waals surface area contributed by atoms with E-state index < -0.39 is 0 Å². The molecule has 0 fully saturated rings. The smallest absolute Gasteiger partial charge is 0.0791 e. The van der Waals surface area contributed by atoms with E-state index in [1.54, 1.807) is 23.0 Å². The second kappa shape index (κ2) is 6.61. The first-order valence-corrected chi connectivity index (χ1v) is 6.34. The van der Waals surface area contributed by atoms with E-state index in [1.165, 1.54) is 11.1 Å². The normalized spacial score (nSPS) is 9.18. The number of rotatable bonds is 1. The molecule has 0 unspecified atom stereocenters. The van der Waals surface area contributed by atoms with Crippen LogP contribution in [-0.4, -0.2) is 4.98 Å². The average molecular weight is 239 g/mol. The molecule has 3 aromatic rings. The third-order valence-corrected chi connectivity index (χ3v) is 2.75. The number of hydrogen-bond donors (Lipinski definition) is 0. The van der Waals surface area contributed by atoms with E-state index in [-0.39, 0.29) is 0 Å². The van der Waals surface area contributed by atoms with Gasteiger partial charge < -0.3 is 0 Å². The van der Waals surface area contributed by atoms with E-state index in [2.05, 4.69) is 53.5 Å². The zero-order chi connectivity index (χ0) is 11.8. The lowest BCUT2D eigenvalue weighted by Crippen LogP contribution is -1.73. The monoisotopic (exact) mass is 239 g/mol. The molecule has 0 saturated heterocycles. The first-order valence-electron chi connectivity index (χ1n) is 5.39. The van der Waals surface area contributed by atoms with Crippen LogP contribution >= 0.6 is 11.3 Å². The van der Waals surface area contributed by atoms with Crippen LogP contribution < -0.4 is 0 Å². The molecule has 0 radical (unpaired) electrons. The fourth-order valence-corrected chi connectivity index (χ4v) is 1.79. The Balaban J connectivity index is 0.000000181. The molecule has 0 spiro atoms. The second-order valence-corrected chi connectivity index (χ2v) is 4.16. The second-order valence-electron chi connectivity index (χ2n) is 3.41. The third-order valence-electron chi connectivity index (χ3n) is 2.23. The number of aromatic nitrogens is 1. The van der Waals surface area contributed by atoms with E-state index >= 15 is 0 Å². The molecule has 0 aliphatic heterocycles. The zero-order valence-electron chi connectivity index (χ0n) is 9.36. The summed E-state index contributed by atoms with van der Waals surface area (Å²) in [5, 5.41) is 1.93. The minimum atomic E-state index is 1.28. The number of thiazole rings is 1. The molecule has 3 rings (SSSR count). The molecule has 0 bridgehead atoms. The van der Waals surface area contributed by atoms with E-state index in [0.29, 0.717) is 0 Å². The Morgan fingerprint density at radius 2 is 1.24 bits per heavy atom. The molecule has 1 aromatic heterocycles. The molecule has 17 heavy (non-hydrogen) atoms. The molecule has 0 atom stereocenters. The van der Waals surface area contributed by atoms with Crippen molar-refractivity contribution in [2.24, 2.45) is 0 Å². The van der Waals surface area contributed by atoms with Crippen molar-refractivity contribution in [2.75, 3.05) is 0 Å². The van der Waals surface area contributed by atoms with Crippen LogP contribution in [0.3, 0.4) is 0 Å². The summed E-state index contributed by atoms with van der Waals surface area (Å²) >= 11 is 1.60. The van der Waals surface area contributed by atoms with Gasteiger partial charge in [0.25, 0.3) is 0 Å². The van der Waals surface area contributed by atoms with Gasteiger partial charge in [0.2, 0.25) is 0 Å². The van der Waals surface area contributed by atoms with Gasteiger partial charge in [-0.1, -0.05) is 60.7 Å². The van der Waals surface area contributed by atoms with Crippen LogP contribution in [0.5, 0.6) is 0 Å². The minimum absolute atomic E-state index is 1.28. The maximum absolute atomic E-state index is 3.74. The van der Waals surface area contributed by atoms with Gasteiger partial charge in [-0.25, -0.2) is 0 Å². The molecule has 0 N–H and O–H groups in total. The lowest BCUT2D eigenvalue weighted by molar-refractivity contribution is 1.43. The van der Waals surface area contributed by atoms with Gasteiger partial charge in [0.1, 0.15) is 0 Å². The van der Waals surface area contributed by atoms with Gasteiger partial charge in [-0.15, -0.1) is 11.3 Å². The van der Waals surface area contributed by atoms with Gasteiger partial charge in [0, 0.05) is 11.6 Å². The van der Waals surface area contributed by atoms with Gasteiger partial charge in [-0.3, -0.25) is 4.98 Å². The summed E-state index contributed by atoms with van der Waals surface area (Å²) in [6.07, 6.45) is 1.77. The minimum Gasteiger partial charge on any atom is -0.253 e.